The molecule has 0 radical (unpaired) electrons. The highest BCUT2D eigenvalue weighted by atomic mass is 16.5. The molecule has 0 spiro atoms. The highest BCUT2D eigenvalue weighted by Gasteiger charge is 2.22. The summed E-state index contributed by atoms with van der Waals surface area (Å²) < 4.78 is 5.08. The molecule has 1 aromatic rings. The fourth-order valence-corrected chi connectivity index (χ4v) is 1.89. The van der Waals surface area contributed by atoms with E-state index < -0.39 is 0 Å². The average Bonchev–Trinajstić information content (AvgIpc) is 2.78. The Bertz CT molecular complexity index is 520. The lowest BCUT2D eigenvalue weighted by Crippen LogP contribution is -2.33. The van der Waals surface area contributed by atoms with Gasteiger partial charge >= 0.3 is 0 Å². The second-order valence-electron chi connectivity index (χ2n) is 4.33. The minimum atomic E-state index is -0.112. The zero-order valence-electron chi connectivity index (χ0n) is 11.0. The van der Waals surface area contributed by atoms with E-state index in [0.29, 0.717) is 18.8 Å². The number of benzene rings is 1. The van der Waals surface area contributed by atoms with Crippen LogP contribution < -0.4 is 10.1 Å². The Morgan fingerprint density at radius 2 is 2.05 bits per heavy atom. The maximum atomic E-state index is 11.9. The van der Waals surface area contributed by atoms with Crippen LogP contribution in [0.2, 0.25) is 0 Å². The van der Waals surface area contributed by atoms with Crippen LogP contribution in [0.5, 0.6) is 5.75 Å². The SMILES string of the molecule is COc1ccc(C2=CN(CNC(C)=O)CC2=O)cc1. The lowest BCUT2D eigenvalue weighted by atomic mass is 10.0. The summed E-state index contributed by atoms with van der Waals surface area (Å²) in [6, 6.07) is 7.34. The summed E-state index contributed by atoms with van der Waals surface area (Å²) in [7, 11) is 1.60. The Kier molecular flexibility index (Phi) is 3.85. The number of ketones is 1. The fourth-order valence-electron chi connectivity index (χ4n) is 1.89. The summed E-state index contributed by atoms with van der Waals surface area (Å²) in [4.78, 5) is 24.6. The third-order valence-electron chi connectivity index (χ3n) is 2.89. The Balaban J connectivity index is 2.11. The summed E-state index contributed by atoms with van der Waals surface area (Å²) in [5, 5.41) is 2.67. The van der Waals surface area contributed by atoms with Gasteiger partial charge in [-0.3, -0.25) is 9.59 Å². The van der Waals surface area contributed by atoms with E-state index in [-0.39, 0.29) is 11.7 Å². The maximum Gasteiger partial charge on any atom is 0.218 e. The van der Waals surface area contributed by atoms with E-state index in [1.54, 1.807) is 18.2 Å². The summed E-state index contributed by atoms with van der Waals surface area (Å²) >= 11 is 0. The molecule has 0 unspecified atom stereocenters. The molecule has 0 saturated carbocycles. The van der Waals surface area contributed by atoms with Gasteiger partial charge in [-0.15, -0.1) is 0 Å². The lowest BCUT2D eigenvalue weighted by Gasteiger charge is -2.13. The molecular formula is C14H16N2O3. The van der Waals surface area contributed by atoms with Gasteiger partial charge in [0.15, 0.2) is 5.78 Å². The first-order valence-electron chi connectivity index (χ1n) is 5.98. The second-order valence-corrected chi connectivity index (χ2v) is 4.33. The predicted molar refractivity (Wildman–Crippen MR) is 71.4 cm³/mol. The van der Waals surface area contributed by atoms with E-state index in [1.165, 1.54) is 6.92 Å². The maximum absolute atomic E-state index is 11.9. The number of methoxy groups -OCH3 is 1. The minimum absolute atomic E-state index is 0.0514. The number of nitrogens with zero attached hydrogens (tertiary/aromatic N) is 1. The van der Waals surface area contributed by atoms with Crippen molar-refractivity contribution in [2.75, 3.05) is 20.3 Å². The van der Waals surface area contributed by atoms with Gasteiger partial charge in [-0.1, -0.05) is 12.1 Å². The van der Waals surface area contributed by atoms with Gasteiger partial charge in [0.2, 0.25) is 5.91 Å². The van der Waals surface area contributed by atoms with Gasteiger partial charge in [-0.25, -0.2) is 0 Å². The molecule has 0 atom stereocenters. The normalized spacial score (nSPS) is 14.3. The molecule has 5 heteroatoms. The van der Waals surface area contributed by atoms with Crippen LogP contribution in [-0.4, -0.2) is 36.9 Å². The fraction of sp³-hybridized carbons (Fsp3) is 0.286. The Labute approximate surface area is 111 Å². The molecule has 0 fully saturated rings. The monoisotopic (exact) mass is 260 g/mol. The minimum Gasteiger partial charge on any atom is -0.497 e. The quantitative estimate of drug-likeness (QED) is 0.878. The summed E-state index contributed by atoms with van der Waals surface area (Å²) in [6.45, 7) is 2.09. The molecule has 0 aromatic heterocycles. The van der Waals surface area contributed by atoms with Crippen molar-refractivity contribution in [3.63, 3.8) is 0 Å². The van der Waals surface area contributed by atoms with Crippen molar-refractivity contribution in [1.29, 1.82) is 0 Å². The van der Waals surface area contributed by atoms with Crippen LogP contribution in [0.4, 0.5) is 0 Å². The van der Waals surface area contributed by atoms with Crippen LogP contribution in [0, 0.1) is 0 Å². The highest BCUT2D eigenvalue weighted by molar-refractivity contribution is 6.23. The number of carbonyl (C=O) groups excluding carboxylic acids is 2. The summed E-state index contributed by atoms with van der Waals surface area (Å²) in [5.74, 6) is 0.694. The van der Waals surface area contributed by atoms with Gasteiger partial charge in [0.25, 0.3) is 0 Å². The van der Waals surface area contributed by atoms with Crippen LogP contribution in [0.15, 0.2) is 30.5 Å². The van der Waals surface area contributed by atoms with Crippen molar-refractivity contribution in [3.05, 3.63) is 36.0 Å². The molecule has 0 bridgehead atoms. The van der Waals surface area contributed by atoms with Crippen molar-refractivity contribution >= 4 is 17.3 Å². The van der Waals surface area contributed by atoms with Gasteiger partial charge < -0.3 is 15.0 Å². The van der Waals surface area contributed by atoms with Crippen molar-refractivity contribution in [2.45, 2.75) is 6.92 Å². The molecule has 19 heavy (non-hydrogen) atoms. The first-order valence-corrected chi connectivity index (χ1v) is 5.98. The second kappa shape index (κ2) is 5.56. The van der Waals surface area contributed by atoms with Crippen LogP contribution >= 0.6 is 0 Å². The van der Waals surface area contributed by atoms with Crippen LogP contribution in [0.1, 0.15) is 12.5 Å². The number of ether oxygens (including phenoxy) is 1. The molecule has 2 rings (SSSR count). The van der Waals surface area contributed by atoms with E-state index in [2.05, 4.69) is 5.32 Å². The summed E-state index contributed by atoms with van der Waals surface area (Å²) in [6.07, 6.45) is 1.78. The molecule has 1 aromatic carbocycles. The van der Waals surface area contributed by atoms with E-state index in [0.717, 1.165) is 11.3 Å². The molecule has 1 N–H and O–H groups in total. The highest BCUT2D eigenvalue weighted by Crippen LogP contribution is 2.23. The number of amides is 1. The molecule has 0 saturated heterocycles. The van der Waals surface area contributed by atoms with Crippen molar-refractivity contribution < 1.29 is 14.3 Å². The van der Waals surface area contributed by atoms with E-state index in [4.69, 9.17) is 4.74 Å². The zero-order valence-corrected chi connectivity index (χ0v) is 11.0. The molecule has 1 amide bonds. The Morgan fingerprint density at radius 1 is 1.37 bits per heavy atom. The van der Waals surface area contributed by atoms with Crippen molar-refractivity contribution in [3.8, 4) is 5.75 Å². The number of hydrogen-bond acceptors (Lipinski definition) is 4. The number of hydrogen-bond donors (Lipinski definition) is 1. The third kappa shape index (κ3) is 3.13. The van der Waals surface area contributed by atoms with Gasteiger partial charge in [-0.2, -0.15) is 0 Å². The van der Waals surface area contributed by atoms with E-state index in [1.807, 2.05) is 24.3 Å². The van der Waals surface area contributed by atoms with Crippen molar-refractivity contribution in [2.24, 2.45) is 0 Å². The summed E-state index contributed by atoms with van der Waals surface area (Å²) in [5.41, 5.74) is 1.52. The molecule has 0 aliphatic carbocycles. The molecule has 1 aliphatic rings. The third-order valence-corrected chi connectivity index (χ3v) is 2.89. The smallest absolute Gasteiger partial charge is 0.218 e. The average molecular weight is 260 g/mol. The lowest BCUT2D eigenvalue weighted by molar-refractivity contribution is -0.120. The standard InChI is InChI=1S/C14H16N2O3/c1-10(17)15-9-16-7-13(14(18)8-16)11-3-5-12(19-2)6-4-11/h3-7H,8-9H2,1-2H3,(H,15,17). The van der Waals surface area contributed by atoms with E-state index >= 15 is 0 Å². The van der Waals surface area contributed by atoms with Crippen LogP contribution in [-0.2, 0) is 9.59 Å². The number of carbonyl (C=O) groups is 2. The topological polar surface area (TPSA) is 58.6 Å². The predicted octanol–water partition coefficient (Wildman–Crippen LogP) is 1.01. The molecule has 5 nitrogen and oxygen atoms in total. The van der Waals surface area contributed by atoms with E-state index in [9.17, 15) is 9.59 Å². The van der Waals surface area contributed by atoms with Gasteiger partial charge in [0.1, 0.15) is 5.75 Å². The molecule has 1 heterocycles. The number of rotatable bonds is 4. The first-order chi connectivity index (χ1) is 9.10. The Morgan fingerprint density at radius 3 is 2.63 bits per heavy atom. The largest absolute Gasteiger partial charge is 0.497 e. The first kappa shape index (κ1) is 13.1. The number of nitrogens with one attached hydrogen (secondary N) is 1. The molecule has 100 valence electrons. The molecule has 1 aliphatic heterocycles. The number of Topliss-reactive ketones (excluding diaryl/α,β-unsaturated/α-hetero) is 1. The molecular weight excluding hydrogens is 244 g/mol. The zero-order chi connectivity index (χ0) is 13.8. The Hall–Kier alpha value is -2.30. The van der Waals surface area contributed by atoms with Gasteiger partial charge in [-0.05, 0) is 17.7 Å². The van der Waals surface area contributed by atoms with Gasteiger partial charge in [0, 0.05) is 18.7 Å². The van der Waals surface area contributed by atoms with Crippen molar-refractivity contribution in [1.82, 2.24) is 10.2 Å². The van der Waals surface area contributed by atoms with Gasteiger partial charge in [0.05, 0.1) is 20.3 Å². The van der Waals surface area contributed by atoms with Crippen LogP contribution in [0.25, 0.3) is 5.57 Å². The van der Waals surface area contributed by atoms with Crippen LogP contribution in [0.3, 0.4) is 0 Å².